The third-order valence-corrected chi connectivity index (χ3v) is 10.5. The fourth-order valence-electron chi connectivity index (χ4n) is 8.65. The zero-order chi connectivity index (χ0) is 22.5. The molecule has 33 heavy (non-hydrogen) atoms. The van der Waals surface area contributed by atoms with E-state index < -0.39 is 0 Å². The molecule has 2 aromatic rings. The summed E-state index contributed by atoms with van der Waals surface area (Å²) < 4.78 is 0. The summed E-state index contributed by atoms with van der Waals surface area (Å²) in [5, 5.41) is 0. The molecule has 170 valence electrons. The van der Waals surface area contributed by atoms with Gasteiger partial charge in [0.2, 0.25) is 0 Å². The third kappa shape index (κ3) is 2.52. The van der Waals surface area contributed by atoms with Crippen molar-refractivity contribution >= 4 is 17.3 Å². The predicted molar refractivity (Wildman–Crippen MR) is 130 cm³/mol. The molecule has 5 aliphatic rings. The summed E-state index contributed by atoms with van der Waals surface area (Å²) in [4.78, 5) is 28.9. The first-order valence-corrected chi connectivity index (χ1v) is 12.9. The van der Waals surface area contributed by atoms with Gasteiger partial charge in [0.05, 0.1) is 5.41 Å². The quantitative estimate of drug-likeness (QED) is 0.563. The zero-order valence-corrected chi connectivity index (χ0v) is 19.8. The molecule has 0 radical (unpaired) electrons. The number of carbonyl (C=O) groups excluding carboxylic acids is 2. The van der Waals surface area contributed by atoms with Crippen LogP contribution >= 0.6 is 0 Å². The van der Waals surface area contributed by atoms with Crippen LogP contribution in [-0.2, 0) is 16.6 Å². The minimum Gasteiger partial charge on any atom is -0.374 e. The Balaban J connectivity index is 1.22. The van der Waals surface area contributed by atoms with Gasteiger partial charge in [0.1, 0.15) is 5.78 Å². The number of para-hydroxylation sites is 1. The lowest BCUT2D eigenvalue weighted by Gasteiger charge is -2.48. The molecule has 3 nitrogen and oxygen atoms in total. The van der Waals surface area contributed by atoms with Crippen molar-refractivity contribution in [2.24, 2.45) is 23.2 Å². The van der Waals surface area contributed by atoms with Gasteiger partial charge in [-0.05, 0) is 91.0 Å². The van der Waals surface area contributed by atoms with E-state index in [1.165, 1.54) is 28.8 Å². The van der Waals surface area contributed by atoms with Gasteiger partial charge in [0, 0.05) is 36.7 Å². The lowest BCUT2D eigenvalue weighted by atomic mass is 9.55. The zero-order valence-electron chi connectivity index (χ0n) is 19.8. The van der Waals surface area contributed by atoms with Crippen LogP contribution in [0.15, 0.2) is 42.5 Å². The van der Waals surface area contributed by atoms with Crippen LogP contribution in [0.5, 0.6) is 0 Å². The average molecular weight is 440 g/mol. The van der Waals surface area contributed by atoms with E-state index in [2.05, 4.69) is 61.3 Å². The number of anilines is 1. The van der Waals surface area contributed by atoms with Crippen LogP contribution < -0.4 is 4.90 Å². The first kappa shape index (κ1) is 20.0. The molecule has 1 aliphatic heterocycles. The van der Waals surface area contributed by atoms with Crippen molar-refractivity contribution in [2.75, 3.05) is 18.5 Å². The second-order valence-corrected chi connectivity index (χ2v) is 11.8. The van der Waals surface area contributed by atoms with Crippen LogP contribution in [-0.4, -0.2) is 25.2 Å². The molecule has 1 heterocycles. The van der Waals surface area contributed by atoms with Crippen molar-refractivity contribution in [1.29, 1.82) is 0 Å². The standard InChI is InChI=1S/C30H33NO2/c1-29-14-13-22-21-9-8-19(15-18(21)7-10-23(22)24(29)11-12-27(29)32)28(33)30-16-20(30)17-31(2)26-6-4-3-5-25(26)30/h3-6,8-9,15,20,22-24H,7,10-14,16-17H2,1-2H3/t20-,22+,23+,24-,29-,30+/m0/s1. The van der Waals surface area contributed by atoms with Gasteiger partial charge in [0.15, 0.2) is 5.78 Å². The van der Waals surface area contributed by atoms with E-state index in [1.807, 2.05) is 0 Å². The topological polar surface area (TPSA) is 37.4 Å². The highest BCUT2D eigenvalue weighted by Gasteiger charge is 2.64. The van der Waals surface area contributed by atoms with E-state index in [-0.39, 0.29) is 10.8 Å². The predicted octanol–water partition coefficient (Wildman–Crippen LogP) is 5.70. The minimum absolute atomic E-state index is 0.0732. The molecule has 4 aliphatic carbocycles. The summed E-state index contributed by atoms with van der Waals surface area (Å²) in [7, 11) is 2.15. The van der Waals surface area contributed by atoms with Gasteiger partial charge in [-0.15, -0.1) is 0 Å². The van der Waals surface area contributed by atoms with Crippen LogP contribution in [0.4, 0.5) is 5.69 Å². The van der Waals surface area contributed by atoms with E-state index in [9.17, 15) is 9.59 Å². The van der Waals surface area contributed by atoms with Crippen molar-refractivity contribution < 1.29 is 9.59 Å². The van der Waals surface area contributed by atoms with Crippen LogP contribution in [0.25, 0.3) is 0 Å². The maximum Gasteiger partial charge on any atom is 0.173 e. The summed E-state index contributed by atoms with van der Waals surface area (Å²) >= 11 is 0. The molecule has 0 spiro atoms. The van der Waals surface area contributed by atoms with Crippen LogP contribution in [0.1, 0.15) is 78.4 Å². The molecule has 3 fully saturated rings. The summed E-state index contributed by atoms with van der Waals surface area (Å²) in [6, 6.07) is 15.2. The van der Waals surface area contributed by atoms with E-state index >= 15 is 0 Å². The number of aryl methyl sites for hydroxylation is 1. The number of carbonyl (C=O) groups is 2. The SMILES string of the molecule is CN1C[C@@H]2C[C@]2(C(=O)c2ccc3c(c2)CC[C@@H]2[C@@H]3CC[C@]3(C)C(=O)CC[C@@H]23)c2ccccc21. The first-order valence-electron chi connectivity index (χ1n) is 12.9. The van der Waals surface area contributed by atoms with Crippen molar-refractivity contribution in [1.82, 2.24) is 0 Å². The van der Waals surface area contributed by atoms with Crippen LogP contribution in [0.2, 0.25) is 0 Å². The summed E-state index contributed by atoms with van der Waals surface area (Å²) in [6.45, 7) is 3.21. The lowest BCUT2D eigenvalue weighted by Crippen LogP contribution is -2.42. The van der Waals surface area contributed by atoms with E-state index in [4.69, 9.17) is 0 Å². The highest BCUT2D eigenvalue weighted by molar-refractivity contribution is 6.08. The van der Waals surface area contributed by atoms with E-state index in [0.717, 1.165) is 50.6 Å². The molecule has 0 saturated heterocycles. The summed E-state index contributed by atoms with van der Waals surface area (Å²) in [5.74, 6) is 3.03. The Kier molecular flexibility index (Phi) is 3.99. The van der Waals surface area contributed by atoms with Gasteiger partial charge in [0.25, 0.3) is 0 Å². The number of fused-ring (bicyclic) bond motifs is 8. The highest BCUT2D eigenvalue weighted by Crippen LogP contribution is 2.62. The molecular weight excluding hydrogens is 406 g/mol. The highest BCUT2D eigenvalue weighted by atomic mass is 16.1. The number of rotatable bonds is 2. The Morgan fingerprint density at radius 3 is 2.79 bits per heavy atom. The van der Waals surface area contributed by atoms with Gasteiger partial charge in [-0.3, -0.25) is 9.59 Å². The largest absolute Gasteiger partial charge is 0.374 e. The number of ketones is 2. The smallest absolute Gasteiger partial charge is 0.173 e. The van der Waals surface area contributed by atoms with Gasteiger partial charge >= 0.3 is 0 Å². The Bertz CT molecular complexity index is 1200. The van der Waals surface area contributed by atoms with Crippen molar-refractivity contribution in [3.8, 4) is 0 Å². The maximum atomic E-state index is 14.0. The van der Waals surface area contributed by atoms with Crippen molar-refractivity contribution in [3.05, 3.63) is 64.7 Å². The maximum absolute atomic E-state index is 14.0. The second kappa shape index (κ2) is 6.58. The molecule has 3 heteroatoms. The molecule has 7 rings (SSSR count). The molecule has 0 N–H and O–H groups in total. The molecular formula is C30H33NO2. The number of benzene rings is 2. The van der Waals surface area contributed by atoms with Crippen LogP contribution in [0, 0.1) is 23.2 Å². The Morgan fingerprint density at radius 2 is 1.91 bits per heavy atom. The Labute approximate surface area is 196 Å². The number of Topliss-reactive ketones (excluding diaryl/α,β-unsaturated/α-hetero) is 2. The number of hydrogen-bond donors (Lipinski definition) is 0. The molecule has 0 unspecified atom stereocenters. The van der Waals surface area contributed by atoms with Gasteiger partial charge in [-0.1, -0.05) is 37.3 Å². The van der Waals surface area contributed by atoms with Crippen LogP contribution in [0.3, 0.4) is 0 Å². The monoisotopic (exact) mass is 439 g/mol. The van der Waals surface area contributed by atoms with E-state index in [0.29, 0.717) is 35.2 Å². The lowest BCUT2D eigenvalue weighted by molar-refractivity contribution is -0.129. The molecule has 0 bridgehead atoms. The molecule has 2 aromatic carbocycles. The molecule has 0 amide bonds. The number of nitrogens with zero attached hydrogens (tertiary/aromatic N) is 1. The average Bonchev–Trinajstić information content (AvgIpc) is 3.49. The van der Waals surface area contributed by atoms with Crippen molar-refractivity contribution in [2.45, 2.75) is 63.2 Å². The molecule has 6 atom stereocenters. The van der Waals surface area contributed by atoms with Crippen molar-refractivity contribution in [3.63, 3.8) is 0 Å². The van der Waals surface area contributed by atoms with Gasteiger partial charge in [-0.2, -0.15) is 0 Å². The number of hydrogen-bond acceptors (Lipinski definition) is 3. The fraction of sp³-hybridized carbons (Fsp3) is 0.533. The first-order chi connectivity index (χ1) is 15.9. The third-order valence-electron chi connectivity index (χ3n) is 10.5. The fourth-order valence-corrected chi connectivity index (χ4v) is 8.65. The summed E-state index contributed by atoms with van der Waals surface area (Å²) in [5.41, 5.74) is 5.83. The Hall–Kier alpha value is -2.42. The molecule has 0 aromatic heterocycles. The normalized spacial score (nSPS) is 38.0. The summed E-state index contributed by atoms with van der Waals surface area (Å²) in [6.07, 6.45) is 7.22. The Morgan fingerprint density at radius 1 is 1.06 bits per heavy atom. The van der Waals surface area contributed by atoms with Gasteiger partial charge in [-0.25, -0.2) is 0 Å². The van der Waals surface area contributed by atoms with E-state index in [1.54, 1.807) is 0 Å². The second-order valence-electron chi connectivity index (χ2n) is 11.8. The minimum atomic E-state index is -0.314. The molecule has 3 saturated carbocycles. The van der Waals surface area contributed by atoms with Gasteiger partial charge < -0.3 is 4.90 Å².